The van der Waals surface area contributed by atoms with Crippen LogP contribution in [0.3, 0.4) is 0 Å². The molecule has 20 heavy (non-hydrogen) atoms. The van der Waals surface area contributed by atoms with Crippen LogP contribution in [-0.2, 0) is 13.6 Å². The summed E-state index contributed by atoms with van der Waals surface area (Å²) in [4.78, 5) is 11.0. The second kappa shape index (κ2) is 5.54. The van der Waals surface area contributed by atoms with Gasteiger partial charge in [0.2, 0.25) is 0 Å². The molecule has 0 aliphatic carbocycles. The Balaban J connectivity index is 2.19. The van der Waals surface area contributed by atoms with Crippen molar-refractivity contribution in [3.05, 3.63) is 45.7 Å². The summed E-state index contributed by atoms with van der Waals surface area (Å²) < 4.78 is 1.83. The zero-order chi connectivity index (χ0) is 14.9. The van der Waals surface area contributed by atoms with E-state index in [1.165, 1.54) is 6.07 Å². The van der Waals surface area contributed by atoms with E-state index in [1.807, 2.05) is 25.6 Å². The molecule has 0 aliphatic rings. The van der Waals surface area contributed by atoms with Gasteiger partial charge in [0.25, 0.3) is 0 Å². The van der Waals surface area contributed by atoms with Crippen molar-refractivity contribution in [1.29, 1.82) is 0 Å². The summed E-state index contributed by atoms with van der Waals surface area (Å²) in [6, 6.07) is 4.87. The summed E-state index contributed by atoms with van der Waals surface area (Å²) in [6.07, 6.45) is 0. The number of nitrogens with one attached hydrogen (secondary N) is 1. The number of carboxylic acid groups (broad SMARTS) is 1. The molecule has 0 atom stereocenters. The molecule has 5 nitrogen and oxygen atoms in total. The minimum atomic E-state index is -1.03. The van der Waals surface area contributed by atoms with E-state index in [9.17, 15) is 4.79 Å². The molecule has 0 bridgehead atoms. The molecule has 0 saturated heterocycles. The molecular weight excluding hydrogens is 278 g/mol. The van der Waals surface area contributed by atoms with Gasteiger partial charge in [0, 0.05) is 30.5 Å². The van der Waals surface area contributed by atoms with Gasteiger partial charge in [0.1, 0.15) is 0 Å². The first kappa shape index (κ1) is 14.4. The predicted octanol–water partition coefficient (Wildman–Crippen LogP) is 3.00. The number of aryl methyl sites for hydroxylation is 2. The number of halogens is 1. The number of rotatable bonds is 4. The Kier molecular flexibility index (Phi) is 3.99. The molecular formula is C14H16ClN3O2. The maximum atomic E-state index is 11.0. The van der Waals surface area contributed by atoms with Crippen molar-refractivity contribution in [2.45, 2.75) is 20.4 Å². The van der Waals surface area contributed by atoms with Gasteiger partial charge < -0.3 is 10.4 Å². The highest BCUT2D eigenvalue weighted by atomic mass is 35.5. The fourth-order valence-electron chi connectivity index (χ4n) is 2.06. The van der Waals surface area contributed by atoms with Crippen LogP contribution >= 0.6 is 11.6 Å². The Labute approximate surface area is 122 Å². The fourth-order valence-corrected chi connectivity index (χ4v) is 2.26. The summed E-state index contributed by atoms with van der Waals surface area (Å²) in [5.41, 5.74) is 3.97. The van der Waals surface area contributed by atoms with Gasteiger partial charge in [-0.15, -0.1) is 0 Å². The third-order valence-corrected chi connectivity index (χ3v) is 3.65. The lowest BCUT2D eigenvalue weighted by molar-refractivity contribution is 0.0697. The van der Waals surface area contributed by atoms with Crippen molar-refractivity contribution in [2.75, 3.05) is 5.32 Å². The Bertz CT molecular complexity index is 665. The monoisotopic (exact) mass is 293 g/mol. The van der Waals surface area contributed by atoms with E-state index in [0.717, 1.165) is 22.6 Å². The Morgan fingerprint density at radius 2 is 2.15 bits per heavy atom. The lowest BCUT2D eigenvalue weighted by Crippen LogP contribution is -2.04. The number of hydrogen-bond acceptors (Lipinski definition) is 3. The lowest BCUT2D eigenvalue weighted by Gasteiger charge is -2.08. The van der Waals surface area contributed by atoms with Gasteiger partial charge in [-0.1, -0.05) is 11.6 Å². The van der Waals surface area contributed by atoms with Gasteiger partial charge in [0.15, 0.2) is 0 Å². The van der Waals surface area contributed by atoms with Crippen LogP contribution in [0.2, 0.25) is 5.02 Å². The molecule has 0 saturated carbocycles. The number of aromatic nitrogens is 2. The van der Waals surface area contributed by atoms with Crippen LogP contribution < -0.4 is 5.32 Å². The van der Waals surface area contributed by atoms with Crippen molar-refractivity contribution < 1.29 is 9.90 Å². The molecule has 0 radical (unpaired) electrons. The quantitative estimate of drug-likeness (QED) is 0.909. The standard InChI is InChI=1S/C14H16ClN3O2/c1-8-12(9(2)18(3)17-8)7-16-10-4-5-13(15)11(6-10)14(19)20/h4-6,16H,7H2,1-3H3,(H,19,20). The Morgan fingerprint density at radius 3 is 2.70 bits per heavy atom. The average molecular weight is 294 g/mol. The van der Waals surface area contributed by atoms with Crippen LogP contribution in [0.25, 0.3) is 0 Å². The number of nitrogens with zero attached hydrogens (tertiary/aromatic N) is 2. The van der Waals surface area contributed by atoms with Crippen LogP contribution in [0.1, 0.15) is 27.3 Å². The summed E-state index contributed by atoms with van der Waals surface area (Å²) in [6.45, 7) is 4.54. The van der Waals surface area contributed by atoms with E-state index in [4.69, 9.17) is 16.7 Å². The van der Waals surface area contributed by atoms with Gasteiger partial charge >= 0.3 is 5.97 Å². The molecule has 2 aromatic rings. The second-order valence-electron chi connectivity index (χ2n) is 4.63. The molecule has 0 spiro atoms. The molecule has 6 heteroatoms. The first-order valence-electron chi connectivity index (χ1n) is 6.16. The zero-order valence-electron chi connectivity index (χ0n) is 11.6. The summed E-state index contributed by atoms with van der Waals surface area (Å²) in [5.74, 6) is -1.03. The normalized spacial score (nSPS) is 10.6. The Hall–Kier alpha value is -2.01. The maximum absolute atomic E-state index is 11.0. The molecule has 106 valence electrons. The minimum absolute atomic E-state index is 0.0938. The van der Waals surface area contributed by atoms with Crippen molar-refractivity contribution in [3.63, 3.8) is 0 Å². The van der Waals surface area contributed by atoms with E-state index in [1.54, 1.807) is 12.1 Å². The number of hydrogen-bond donors (Lipinski definition) is 2. The topological polar surface area (TPSA) is 67.2 Å². The first-order valence-corrected chi connectivity index (χ1v) is 6.53. The smallest absolute Gasteiger partial charge is 0.337 e. The van der Waals surface area contributed by atoms with Crippen molar-refractivity contribution in [1.82, 2.24) is 9.78 Å². The third kappa shape index (κ3) is 2.77. The fraction of sp³-hybridized carbons (Fsp3) is 0.286. The molecule has 0 aliphatic heterocycles. The second-order valence-corrected chi connectivity index (χ2v) is 5.03. The maximum Gasteiger partial charge on any atom is 0.337 e. The summed E-state index contributed by atoms with van der Waals surface area (Å²) in [7, 11) is 1.90. The van der Waals surface area contributed by atoms with E-state index in [2.05, 4.69) is 10.4 Å². The SMILES string of the molecule is Cc1nn(C)c(C)c1CNc1ccc(Cl)c(C(=O)O)c1. The molecule has 0 fully saturated rings. The van der Waals surface area contributed by atoms with Crippen molar-refractivity contribution >= 4 is 23.3 Å². The van der Waals surface area contributed by atoms with E-state index in [0.29, 0.717) is 6.54 Å². The number of carboxylic acids is 1. The highest BCUT2D eigenvalue weighted by molar-refractivity contribution is 6.33. The van der Waals surface area contributed by atoms with Gasteiger partial charge in [-0.3, -0.25) is 4.68 Å². The average Bonchev–Trinajstić information content (AvgIpc) is 2.62. The first-order chi connectivity index (χ1) is 9.40. The largest absolute Gasteiger partial charge is 0.478 e. The van der Waals surface area contributed by atoms with Crippen LogP contribution in [0.4, 0.5) is 5.69 Å². The predicted molar refractivity (Wildman–Crippen MR) is 78.4 cm³/mol. The summed E-state index contributed by atoms with van der Waals surface area (Å²) in [5, 5.41) is 16.8. The van der Waals surface area contributed by atoms with Crippen LogP contribution in [0, 0.1) is 13.8 Å². The molecule has 0 amide bonds. The highest BCUT2D eigenvalue weighted by Gasteiger charge is 2.11. The lowest BCUT2D eigenvalue weighted by atomic mass is 10.1. The molecule has 1 aromatic carbocycles. The molecule has 2 rings (SSSR count). The minimum Gasteiger partial charge on any atom is -0.478 e. The van der Waals surface area contributed by atoms with Gasteiger partial charge in [-0.2, -0.15) is 5.10 Å². The van der Waals surface area contributed by atoms with Gasteiger partial charge in [0.05, 0.1) is 16.3 Å². The van der Waals surface area contributed by atoms with Gasteiger partial charge in [-0.25, -0.2) is 4.79 Å². The van der Waals surface area contributed by atoms with Crippen LogP contribution in [0.5, 0.6) is 0 Å². The van der Waals surface area contributed by atoms with Crippen molar-refractivity contribution in [3.8, 4) is 0 Å². The van der Waals surface area contributed by atoms with Crippen LogP contribution in [0.15, 0.2) is 18.2 Å². The van der Waals surface area contributed by atoms with E-state index < -0.39 is 5.97 Å². The van der Waals surface area contributed by atoms with E-state index >= 15 is 0 Å². The molecule has 1 heterocycles. The number of aromatic carboxylic acids is 1. The van der Waals surface area contributed by atoms with Gasteiger partial charge in [-0.05, 0) is 32.0 Å². The third-order valence-electron chi connectivity index (χ3n) is 3.32. The number of carbonyl (C=O) groups is 1. The molecule has 2 N–H and O–H groups in total. The number of benzene rings is 1. The summed E-state index contributed by atoms with van der Waals surface area (Å²) >= 11 is 5.84. The molecule has 1 aromatic heterocycles. The highest BCUT2D eigenvalue weighted by Crippen LogP contribution is 2.22. The van der Waals surface area contributed by atoms with Crippen molar-refractivity contribution in [2.24, 2.45) is 7.05 Å². The van der Waals surface area contributed by atoms with Crippen LogP contribution in [-0.4, -0.2) is 20.9 Å². The number of anilines is 1. The van der Waals surface area contributed by atoms with E-state index in [-0.39, 0.29) is 10.6 Å². The zero-order valence-corrected chi connectivity index (χ0v) is 12.3. The molecule has 0 unspecified atom stereocenters. The Morgan fingerprint density at radius 1 is 1.45 bits per heavy atom.